The Balaban J connectivity index is 1.85. The lowest BCUT2D eigenvalue weighted by Crippen LogP contribution is -2.13. The highest BCUT2D eigenvalue weighted by Crippen LogP contribution is 2.35. The van der Waals surface area contributed by atoms with E-state index in [2.05, 4.69) is 0 Å². The van der Waals surface area contributed by atoms with Gasteiger partial charge in [-0.05, 0) is 29.3 Å². The summed E-state index contributed by atoms with van der Waals surface area (Å²) in [4.78, 5) is 23.8. The van der Waals surface area contributed by atoms with Crippen LogP contribution in [0.5, 0.6) is 5.75 Å². The van der Waals surface area contributed by atoms with Gasteiger partial charge in [0, 0.05) is 24.8 Å². The zero-order valence-electron chi connectivity index (χ0n) is 16.2. The second kappa shape index (κ2) is 8.68. The first-order valence-electron chi connectivity index (χ1n) is 9.12. The number of rotatable bonds is 8. The molecule has 0 saturated carbocycles. The number of Topliss-reactive ketones (excluding diaryl/α,β-unsaturated/α-hetero) is 1. The number of ketones is 1. The lowest BCUT2D eigenvalue weighted by atomic mass is 9.92. The normalized spacial score (nSPS) is 12.1. The van der Waals surface area contributed by atoms with Crippen molar-refractivity contribution >= 4 is 34.3 Å². The zero-order valence-corrected chi connectivity index (χ0v) is 16.9. The van der Waals surface area contributed by atoms with E-state index in [1.807, 2.05) is 6.07 Å². The molecule has 6 nitrogen and oxygen atoms in total. The Morgan fingerprint density at radius 1 is 1.17 bits per heavy atom. The summed E-state index contributed by atoms with van der Waals surface area (Å²) < 4.78 is 7.03. The van der Waals surface area contributed by atoms with Gasteiger partial charge in [0.25, 0.3) is 0 Å². The number of carboxylic acids is 1. The van der Waals surface area contributed by atoms with Gasteiger partial charge in [-0.1, -0.05) is 35.9 Å². The summed E-state index contributed by atoms with van der Waals surface area (Å²) in [5, 5.41) is 19.9. The molecule has 3 aromatic rings. The number of aryl methyl sites for hydroxylation is 1. The first-order chi connectivity index (χ1) is 13.8. The van der Waals surface area contributed by atoms with Gasteiger partial charge in [0.2, 0.25) is 0 Å². The molecule has 0 saturated heterocycles. The smallest absolute Gasteiger partial charge is 0.307 e. The Bertz CT molecular complexity index is 1060. The van der Waals surface area contributed by atoms with E-state index in [0.717, 1.165) is 16.5 Å². The number of ether oxygens (including phenoxy) is 1. The monoisotopic (exact) mass is 415 g/mol. The Hall–Kier alpha value is -2.83. The van der Waals surface area contributed by atoms with Crippen molar-refractivity contribution in [3.05, 3.63) is 64.3 Å². The molecule has 0 spiro atoms. The average Bonchev–Trinajstić information content (AvgIpc) is 3.04. The largest absolute Gasteiger partial charge is 0.495 e. The van der Waals surface area contributed by atoms with Crippen LogP contribution in [0.15, 0.2) is 42.5 Å². The second-order valence-corrected chi connectivity index (χ2v) is 7.30. The van der Waals surface area contributed by atoms with Gasteiger partial charge in [-0.25, -0.2) is 0 Å². The van der Waals surface area contributed by atoms with Crippen molar-refractivity contribution in [2.45, 2.75) is 18.8 Å². The summed E-state index contributed by atoms with van der Waals surface area (Å²) in [5.41, 5.74) is 2.77. The number of carbonyl (C=O) groups is 2. The molecule has 1 aromatic heterocycles. The topological polar surface area (TPSA) is 88.8 Å². The van der Waals surface area contributed by atoms with Crippen LogP contribution in [0.1, 0.15) is 34.0 Å². The number of halogens is 1. The highest BCUT2D eigenvalue weighted by Gasteiger charge is 2.21. The van der Waals surface area contributed by atoms with Crippen molar-refractivity contribution in [1.82, 2.24) is 4.57 Å². The van der Waals surface area contributed by atoms with Crippen molar-refractivity contribution in [2.24, 2.45) is 7.05 Å². The molecule has 0 bridgehead atoms. The quantitative estimate of drug-likeness (QED) is 0.546. The minimum absolute atomic E-state index is 0.0663. The van der Waals surface area contributed by atoms with Crippen LogP contribution in [0.4, 0.5) is 0 Å². The van der Waals surface area contributed by atoms with E-state index in [9.17, 15) is 14.7 Å². The number of aromatic nitrogens is 1. The lowest BCUT2D eigenvalue weighted by molar-refractivity contribution is -0.136. The molecule has 0 unspecified atom stereocenters. The molecule has 0 aliphatic rings. The molecule has 0 radical (unpaired) electrons. The third-order valence-corrected chi connectivity index (χ3v) is 5.48. The minimum Gasteiger partial charge on any atom is -0.495 e. The molecular weight excluding hydrogens is 394 g/mol. The highest BCUT2D eigenvalue weighted by atomic mass is 35.5. The van der Waals surface area contributed by atoms with E-state index in [1.165, 1.54) is 7.11 Å². The molecular formula is C22H22ClNO5. The Kier molecular flexibility index (Phi) is 6.25. The van der Waals surface area contributed by atoms with Crippen LogP contribution in [-0.2, 0) is 18.3 Å². The number of hydrogen-bond donors (Lipinski definition) is 2. The molecule has 29 heavy (non-hydrogen) atoms. The number of aliphatic hydroxyl groups is 1. The van der Waals surface area contributed by atoms with Gasteiger partial charge in [-0.15, -0.1) is 0 Å². The van der Waals surface area contributed by atoms with Crippen LogP contribution >= 0.6 is 11.6 Å². The van der Waals surface area contributed by atoms with Crippen LogP contribution in [-0.4, -0.2) is 40.2 Å². The molecule has 0 aliphatic heterocycles. The van der Waals surface area contributed by atoms with Crippen LogP contribution in [0.3, 0.4) is 0 Å². The van der Waals surface area contributed by atoms with Gasteiger partial charge in [0.05, 0.1) is 36.4 Å². The summed E-state index contributed by atoms with van der Waals surface area (Å²) in [6.07, 6.45) is 0.0524. The number of aliphatic hydroxyl groups excluding tert-OH is 1. The third-order valence-electron chi connectivity index (χ3n) is 5.09. The lowest BCUT2D eigenvalue weighted by Gasteiger charge is -2.15. The number of nitrogens with zero attached hydrogens (tertiary/aromatic N) is 1. The second-order valence-electron chi connectivity index (χ2n) is 6.92. The van der Waals surface area contributed by atoms with Crippen molar-refractivity contribution in [3.63, 3.8) is 0 Å². The van der Waals surface area contributed by atoms with Gasteiger partial charge < -0.3 is 19.5 Å². The Morgan fingerprint density at radius 3 is 2.45 bits per heavy atom. The number of aliphatic carboxylic acids is 1. The van der Waals surface area contributed by atoms with Crippen molar-refractivity contribution in [2.75, 3.05) is 13.7 Å². The average molecular weight is 416 g/mol. The molecule has 3 rings (SSSR count). The molecule has 0 amide bonds. The molecule has 1 heterocycles. The molecule has 152 valence electrons. The molecule has 7 heteroatoms. The summed E-state index contributed by atoms with van der Waals surface area (Å²) >= 11 is 6.38. The van der Waals surface area contributed by atoms with E-state index < -0.39 is 5.97 Å². The van der Waals surface area contributed by atoms with E-state index in [0.29, 0.717) is 22.0 Å². The van der Waals surface area contributed by atoms with Gasteiger partial charge >= 0.3 is 5.97 Å². The maximum atomic E-state index is 13.0. The van der Waals surface area contributed by atoms with Crippen molar-refractivity contribution in [1.29, 1.82) is 0 Å². The summed E-state index contributed by atoms with van der Waals surface area (Å²) in [7, 11) is 3.34. The predicted molar refractivity (Wildman–Crippen MR) is 111 cm³/mol. The fourth-order valence-corrected chi connectivity index (χ4v) is 3.77. The zero-order chi connectivity index (χ0) is 21.1. The first kappa shape index (κ1) is 20.9. The van der Waals surface area contributed by atoms with Gasteiger partial charge in [-0.2, -0.15) is 0 Å². The van der Waals surface area contributed by atoms with E-state index in [4.69, 9.17) is 21.4 Å². The standard InChI is InChI=1S/C22H22ClNO5/c1-24-17-7-8-20(29-2)22(23)16(17)11-18(24)19(26)10-15(12-25)14-5-3-13(4-6-14)9-21(27)28/h3-8,11,15,25H,9-10,12H2,1-2H3,(H,27,28)/t15-/m1/s1. The van der Waals surface area contributed by atoms with E-state index in [-0.39, 0.29) is 31.1 Å². The summed E-state index contributed by atoms with van der Waals surface area (Å²) in [6, 6.07) is 12.3. The summed E-state index contributed by atoms with van der Waals surface area (Å²) in [6.45, 7) is -0.192. The highest BCUT2D eigenvalue weighted by molar-refractivity contribution is 6.37. The first-order valence-corrected chi connectivity index (χ1v) is 9.50. The molecule has 2 aromatic carbocycles. The SMILES string of the molecule is COc1ccc2c(cc(C(=O)C[C@H](CO)c3ccc(CC(=O)O)cc3)n2C)c1Cl. The third kappa shape index (κ3) is 4.28. The number of carboxylic acid groups (broad SMARTS) is 1. The van der Waals surface area contributed by atoms with E-state index in [1.54, 1.807) is 48.0 Å². The number of fused-ring (bicyclic) bond motifs is 1. The van der Waals surface area contributed by atoms with Gasteiger partial charge in [0.15, 0.2) is 5.78 Å². The summed E-state index contributed by atoms with van der Waals surface area (Å²) in [5.74, 6) is -0.868. The van der Waals surface area contributed by atoms with Gasteiger partial charge in [-0.3, -0.25) is 9.59 Å². The molecule has 1 atom stereocenters. The fraction of sp³-hybridized carbons (Fsp3) is 0.273. The fourth-order valence-electron chi connectivity index (χ4n) is 3.48. The molecule has 2 N–H and O–H groups in total. The van der Waals surface area contributed by atoms with Crippen molar-refractivity contribution in [3.8, 4) is 5.75 Å². The van der Waals surface area contributed by atoms with Crippen molar-refractivity contribution < 1.29 is 24.5 Å². The van der Waals surface area contributed by atoms with Crippen LogP contribution in [0.2, 0.25) is 5.02 Å². The number of carbonyl (C=O) groups excluding carboxylic acids is 1. The predicted octanol–water partition coefficient (Wildman–Crippen LogP) is 3.82. The van der Waals surface area contributed by atoms with E-state index >= 15 is 0 Å². The maximum absolute atomic E-state index is 13.0. The molecule has 0 fully saturated rings. The Labute approximate surface area is 173 Å². The maximum Gasteiger partial charge on any atom is 0.307 e. The van der Waals surface area contributed by atoms with Crippen LogP contribution in [0, 0.1) is 0 Å². The number of benzene rings is 2. The Morgan fingerprint density at radius 2 is 1.86 bits per heavy atom. The van der Waals surface area contributed by atoms with Gasteiger partial charge in [0.1, 0.15) is 5.75 Å². The van der Waals surface area contributed by atoms with Crippen LogP contribution < -0.4 is 4.74 Å². The minimum atomic E-state index is -0.905. The number of hydrogen-bond acceptors (Lipinski definition) is 4. The van der Waals surface area contributed by atoms with Crippen LogP contribution in [0.25, 0.3) is 10.9 Å². The molecule has 0 aliphatic carbocycles. The number of methoxy groups -OCH3 is 1.